The van der Waals surface area contributed by atoms with Gasteiger partial charge in [0.1, 0.15) is 0 Å². The van der Waals surface area contributed by atoms with Gasteiger partial charge >= 0.3 is 0 Å². The van der Waals surface area contributed by atoms with Gasteiger partial charge in [0.05, 0.1) is 0 Å². The number of hydrogen-bond donors (Lipinski definition) is 0. The van der Waals surface area contributed by atoms with Crippen molar-refractivity contribution < 1.29 is 4.79 Å². The molecule has 0 aliphatic heterocycles. The van der Waals surface area contributed by atoms with E-state index in [0.29, 0.717) is 0 Å². The van der Waals surface area contributed by atoms with E-state index in [1.54, 1.807) is 0 Å². The van der Waals surface area contributed by atoms with Crippen LogP contribution in [0.1, 0.15) is 38.2 Å². The first kappa shape index (κ1) is 10.3. The Hall–Kier alpha value is -1.89. The summed E-state index contributed by atoms with van der Waals surface area (Å²) in [5, 5.41) is 0. The van der Waals surface area contributed by atoms with Gasteiger partial charge in [0.25, 0.3) is 0 Å². The van der Waals surface area contributed by atoms with Gasteiger partial charge in [0.2, 0.25) is 0 Å². The molecule has 0 atom stereocenters. The van der Waals surface area contributed by atoms with Gasteiger partial charge in [-0.05, 0) is 43.0 Å². The van der Waals surface area contributed by atoms with Crippen molar-refractivity contribution in [2.24, 2.45) is 0 Å². The molecule has 0 heterocycles. The van der Waals surface area contributed by atoms with Crippen molar-refractivity contribution in [1.82, 2.24) is 0 Å². The predicted octanol–water partition coefficient (Wildman–Crippen LogP) is 3.44. The van der Waals surface area contributed by atoms with E-state index in [9.17, 15) is 4.79 Å². The van der Waals surface area contributed by atoms with E-state index in [1.807, 2.05) is 31.2 Å². The molecule has 0 bridgehead atoms. The number of ketones is 1. The van der Waals surface area contributed by atoms with Crippen LogP contribution in [-0.2, 0) is 6.42 Å². The summed E-state index contributed by atoms with van der Waals surface area (Å²) in [5.41, 5.74) is 6.49. The molecule has 0 N–H and O–H groups in total. The molecule has 17 heavy (non-hydrogen) atoms. The van der Waals surface area contributed by atoms with E-state index >= 15 is 0 Å². The second kappa shape index (κ2) is 3.56. The molecule has 1 nitrogen and oxygen atoms in total. The molecular weight excluding hydrogens is 208 g/mol. The lowest BCUT2D eigenvalue weighted by Gasteiger charge is -2.20. The second-order valence-corrected chi connectivity index (χ2v) is 4.77. The standard InChI is InChI=1S/C16H14O/c1-10-7-11(2)14-9-12-5-3-4-6-13(12)16(17)15(14)8-10/h3-8H,9H2,1-2H3. The molecule has 1 heteroatoms. The molecule has 0 aromatic heterocycles. The van der Waals surface area contributed by atoms with Crippen LogP contribution in [0.15, 0.2) is 36.4 Å². The number of aryl methyl sites for hydroxylation is 2. The van der Waals surface area contributed by atoms with Crippen LogP contribution in [0, 0.1) is 13.8 Å². The van der Waals surface area contributed by atoms with Crippen molar-refractivity contribution in [3.63, 3.8) is 0 Å². The minimum atomic E-state index is 0.175. The molecule has 0 fully saturated rings. The fourth-order valence-corrected chi connectivity index (χ4v) is 2.67. The third kappa shape index (κ3) is 1.50. The monoisotopic (exact) mass is 222 g/mol. The van der Waals surface area contributed by atoms with Gasteiger partial charge in [0.15, 0.2) is 5.78 Å². The van der Waals surface area contributed by atoms with Gasteiger partial charge in [-0.1, -0.05) is 35.9 Å². The molecule has 3 rings (SSSR count). The number of benzene rings is 2. The Bertz CT molecular complexity index is 623. The SMILES string of the molecule is Cc1cc(C)c2c(c1)C(=O)c1ccccc1C2. The van der Waals surface area contributed by atoms with Gasteiger partial charge in [-0.2, -0.15) is 0 Å². The summed E-state index contributed by atoms with van der Waals surface area (Å²) in [5.74, 6) is 0.175. The lowest BCUT2D eigenvalue weighted by atomic mass is 9.82. The van der Waals surface area contributed by atoms with Gasteiger partial charge in [0, 0.05) is 11.1 Å². The molecule has 2 aromatic carbocycles. The average molecular weight is 222 g/mol. The lowest BCUT2D eigenvalue weighted by molar-refractivity contribution is 0.103. The van der Waals surface area contributed by atoms with Gasteiger partial charge in [-0.3, -0.25) is 4.79 Å². The van der Waals surface area contributed by atoms with Crippen LogP contribution >= 0.6 is 0 Å². The number of rotatable bonds is 0. The van der Waals surface area contributed by atoms with Crippen molar-refractivity contribution in [3.05, 3.63) is 69.8 Å². The Balaban J connectivity index is 2.27. The van der Waals surface area contributed by atoms with Crippen LogP contribution in [0.2, 0.25) is 0 Å². The number of fused-ring (bicyclic) bond motifs is 2. The maximum Gasteiger partial charge on any atom is 0.193 e. The topological polar surface area (TPSA) is 17.1 Å². The Morgan fingerprint density at radius 2 is 1.76 bits per heavy atom. The number of carbonyl (C=O) groups is 1. The van der Waals surface area contributed by atoms with E-state index in [1.165, 1.54) is 11.1 Å². The highest BCUT2D eigenvalue weighted by Gasteiger charge is 2.23. The lowest BCUT2D eigenvalue weighted by Crippen LogP contribution is -2.16. The summed E-state index contributed by atoms with van der Waals surface area (Å²) in [6.07, 6.45) is 0.878. The fourth-order valence-electron chi connectivity index (χ4n) is 2.67. The van der Waals surface area contributed by atoms with Gasteiger partial charge in [-0.15, -0.1) is 0 Å². The summed E-state index contributed by atoms with van der Waals surface area (Å²) in [4.78, 5) is 12.4. The third-order valence-electron chi connectivity index (χ3n) is 3.49. The Labute approximate surface area is 101 Å². The van der Waals surface area contributed by atoms with Crippen molar-refractivity contribution in [3.8, 4) is 0 Å². The van der Waals surface area contributed by atoms with Crippen LogP contribution in [0.5, 0.6) is 0 Å². The second-order valence-electron chi connectivity index (χ2n) is 4.77. The van der Waals surface area contributed by atoms with Crippen LogP contribution in [0.4, 0.5) is 0 Å². The smallest absolute Gasteiger partial charge is 0.193 e. The molecule has 0 unspecified atom stereocenters. The van der Waals surface area contributed by atoms with Crippen LogP contribution < -0.4 is 0 Å². The maximum atomic E-state index is 12.4. The quantitative estimate of drug-likeness (QED) is 0.569. The van der Waals surface area contributed by atoms with Crippen LogP contribution in [0.25, 0.3) is 0 Å². The molecular formula is C16H14O. The van der Waals surface area contributed by atoms with Crippen molar-refractivity contribution in [2.75, 3.05) is 0 Å². The molecule has 1 aliphatic rings. The van der Waals surface area contributed by atoms with Gasteiger partial charge in [-0.25, -0.2) is 0 Å². The molecule has 1 aliphatic carbocycles. The normalized spacial score (nSPS) is 13.2. The predicted molar refractivity (Wildman–Crippen MR) is 68.6 cm³/mol. The summed E-state index contributed by atoms with van der Waals surface area (Å²) in [6, 6.07) is 12.1. The third-order valence-corrected chi connectivity index (χ3v) is 3.49. The van der Waals surface area contributed by atoms with Crippen LogP contribution in [-0.4, -0.2) is 5.78 Å². The molecule has 0 radical (unpaired) electrons. The largest absolute Gasteiger partial charge is 0.289 e. The van der Waals surface area contributed by atoms with Crippen molar-refractivity contribution in [1.29, 1.82) is 0 Å². The van der Waals surface area contributed by atoms with Crippen LogP contribution in [0.3, 0.4) is 0 Å². The molecule has 2 aromatic rings. The zero-order valence-electron chi connectivity index (χ0n) is 10.1. The molecule has 0 spiro atoms. The number of hydrogen-bond acceptors (Lipinski definition) is 1. The maximum absolute atomic E-state index is 12.4. The molecule has 84 valence electrons. The minimum absolute atomic E-state index is 0.175. The summed E-state index contributed by atoms with van der Waals surface area (Å²) in [6.45, 7) is 4.13. The Morgan fingerprint density at radius 1 is 1.00 bits per heavy atom. The molecule has 0 saturated carbocycles. The van der Waals surface area contributed by atoms with Crippen molar-refractivity contribution >= 4 is 5.78 Å². The number of carbonyl (C=O) groups excluding carboxylic acids is 1. The highest BCUT2D eigenvalue weighted by molar-refractivity contribution is 6.12. The Kier molecular flexibility index (Phi) is 2.15. The van der Waals surface area contributed by atoms with E-state index < -0.39 is 0 Å². The highest BCUT2D eigenvalue weighted by atomic mass is 16.1. The first-order chi connectivity index (χ1) is 8.16. The first-order valence-electron chi connectivity index (χ1n) is 5.89. The van der Waals surface area contributed by atoms with Gasteiger partial charge < -0.3 is 0 Å². The Morgan fingerprint density at radius 3 is 2.59 bits per heavy atom. The molecule has 0 saturated heterocycles. The van der Waals surface area contributed by atoms with E-state index in [0.717, 1.165) is 28.7 Å². The highest BCUT2D eigenvalue weighted by Crippen LogP contribution is 2.29. The first-order valence-corrected chi connectivity index (χ1v) is 5.89. The van der Waals surface area contributed by atoms with E-state index in [4.69, 9.17) is 0 Å². The minimum Gasteiger partial charge on any atom is -0.289 e. The summed E-state index contributed by atoms with van der Waals surface area (Å²) < 4.78 is 0. The molecule has 0 amide bonds. The summed E-state index contributed by atoms with van der Waals surface area (Å²) in [7, 11) is 0. The van der Waals surface area contributed by atoms with E-state index in [-0.39, 0.29) is 5.78 Å². The fraction of sp³-hybridized carbons (Fsp3) is 0.188. The zero-order chi connectivity index (χ0) is 12.0. The zero-order valence-corrected chi connectivity index (χ0v) is 10.1. The summed E-state index contributed by atoms with van der Waals surface area (Å²) >= 11 is 0. The average Bonchev–Trinajstić information content (AvgIpc) is 2.31. The van der Waals surface area contributed by atoms with E-state index in [2.05, 4.69) is 19.1 Å². The van der Waals surface area contributed by atoms with Crippen molar-refractivity contribution in [2.45, 2.75) is 20.3 Å².